The molecule has 6 nitrogen and oxygen atoms in total. The SMILES string of the molecule is O=C(O)c1ccc(N2C(=O)C[C@H](Nc3ccc(Cl)cc3)C2=O)cc1. The predicted molar refractivity (Wildman–Crippen MR) is 89.4 cm³/mol. The molecule has 1 heterocycles. The number of imide groups is 1. The van der Waals surface area contributed by atoms with Gasteiger partial charge in [-0.25, -0.2) is 9.69 Å². The van der Waals surface area contributed by atoms with Gasteiger partial charge in [-0.3, -0.25) is 9.59 Å². The zero-order valence-electron chi connectivity index (χ0n) is 12.4. The Morgan fingerprint density at radius 2 is 1.71 bits per heavy atom. The number of carbonyl (C=O) groups is 3. The number of amides is 2. The van der Waals surface area contributed by atoms with Gasteiger partial charge in [0.2, 0.25) is 5.91 Å². The van der Waals surface area contributed by atoms with E-state index < -0.39 is 12.0 Å². The van der Waals surface area contributed by atoms with Gasteiger partial charge in [-0.2, -0.15) is 0 Å². The zero-order valence-corrected chi connectivity index (χ0v) is 13.2. The van der Waals surface area contributed by atoms with Crippen molar-refractivity contribution >= 4 is 40.8 Å². The largest absolute Gasteiger partial charge is 0.478 e. The van der Waals surface area contributed by atoms with Crippen LogP contribution in [0.15, 0.2) is 48.5 Å². The van der Waals surface area contributed by atoms with E-state index in [2.05, 4.69) is 5.32 Å². The van der Waals surface area contributed by atoms with Crippen LogP contribution in [0.25, 0.3) is 0 Å². The molecule has 1 aliphatic rings. The smallest absolute Gasteiger partial charge is 0.335 e. The molecule has 122 valence electrons. The van der Waals surface area contributed by atoms with Crippen LogP contribution in [0.4, 0.5) is 11.4 Å². The number of benzene rings is 2. The molecular formula is C17H13ClN2O4. The van der Waals surface area contributed by atoms with Crippen LogP contribution in [0.5, 0.6) is 0 Å². The lowest BCUT2D eigenvalue weighted by Crippen LogP contribution is -2.34. The molecule has 1 fully saturated rings. The number of nitrogens with zero attached hydrogens (tertiary/aromatic N) is 1. The average molecular weight is 345 g/mol. The van der Waals surface area contributed by atoms with Gasteiger partial charge in [0.1, 0.15) is 6.04 Å². The molecule has 2 aromatic rings. The van der Waals surface area contributed by atoms with E-state index in [1.807, 2.05) is 0 Å². The highest BCUT2D eigenvalue weighted by molar-refractivity contribution is 6.30. The minimum atomic E-state index is -1.07. The van der Waals surface area contributed by atoms with Gasteiger partial charge >= 0.3 is 5.97 Å². The summed E-state index contributed by atoms with van der Waals surface area (Å²) in [6.07, 6.45) is 0.0299. The molecule has 1 atom stereocenters. The maximum absolute atomic E-state index is 12.5. The highest BCUT2D eigenvalue weighted by Crippen LogP contribution is 2.25. The Kier molecular flexibility index (Phi) is 4.22. The van der Waals surface area contributed by atoms with E-state index >= 15 is 0 Å². The topological polar surface area (TPSA) is 86.7 Å². The van der Waals surface area contributed by atoms with E-state index in [1.54, 1.807) is 24.3 Å². The van der Waals surface area contributed by atoms with Crippen molar-refractivity contribution < 1.29 is 19.5 Å². The molecule has 2 amide bonds. The second kappa shape index (κ2) is 6.33. The van der Waals surface area contributed by atoms with Crippen LogP contribution in [0.3, 0.4) is 0 Å². The van der Waals surface area contributed by atoms with Crippen LogP contribution in [-0.4, -0.2) is 28.9 Å². The highest BCUT2D eigenvalue weighted by atomic mass is 35.5. The summed E-state index contributed by atoms with van der Waals surface area (Å²) >= 11 is 5.82. The molecule has 0 unspecified atom stereocenters. The fraction of sp³-hybridized carbons (Fsp3) is 0.118. The second-order valence-corrected chi connectivity index (χ2v) is 5.76. The van der Waals surface area contributed by atoms with Crippen LogP contribution in [0, 0.1) is 0 Å². The number of anilines is 2. The van der Waals surface area contributed by atoms with Crippen molar-refractivity contribution in [2.24, 2.45) is 0 Å². The molecule has 0 spiro atoms. The first-order valence-electron chi connectivity index (χ1n) is 7.18. The number of rotatable bonds is 4. The van der Waals surface area contributed by atoms with Crippen molar-refractivity contribution in [3.63, 3.8) is 0 Å². The molecule has 0 saturated carbocycles. The first kappa shape index (κ1) is 16.0. The van der Waals surface area contributed by atoms with Gasteiger partial charge in [0.05, 0.1) is 17.7 Å². The lowest BCUT2D eigenvalue weighted by molar-refractivity contribution is -0.121. The van der Waals surface area contributed by atoms with Crippen LogP contribution in [-0.2, 0) is 9.59 Å². The highest BCUT2D eigenvalue weighted by Gasteiger charge is 2.39. The Morgan fingerprint density at radius 1 is 1.08 bits per heavy atom. The van der Waals surface area contributed by atoms with Crippen LogP contribution < -0.4 is 10.2 Å². The van der Waals surface area contributed by atoms with Gasteiger partial charge in [-0.1, -0.05) is 11.6 Å². The van der Waals surface area contributed by atoms with E-state index in [0.29, 0.717) is 16.4 Å². The summed E-state index contributed by atoms with van der Waals surface area (Å²) in [5.41, 5.74) is 1.14. The third-order valence-corrected chi connectivity index (χ3v) is 3.96. The van der Waals surface area contributed by atoms with E-state index in [9.17, 15) is 14.4 Å². The molecule has 2 aromatic carbocycles. The summed E-state index contributed by atoms with van der Waals surface area (Å²) in [6.45, 7) is 0. The van der Waals surface area contributed by atoms with Gasteiger partial charge in [0, 0.05) is 10.7 Å². The van der Waals surface area contributed by atoms with Crippen LogP contribution >= 0.6 is 11.6 Å². The lowest BCUT2D eigenvalue weighted by Gasteiger charge is -2.16. The number of hydrogen-bond donors (Lipinski definition) is 2. The number of nitrogens with one attached hydrogen (secondary N) is 1. The third kappa shape index (κ3) is 3.09. The Hall–Kier alpha value is -2.86. The summed E-state index contributed by atoms with van der Waals surface area (Å²) < 4.78 is 0. The number of carboxylic acid groups (broad SMARTS) is 1. The summed E-state index contributed by atoms with van der Waals surface area (Å²) in [6, 6.07) is 11.8. The first-order chi connectivity index (χ1) is 11.5. The molecule has 0 aliphatic carbocycles. The maximum atomic E-state index is 12.5. The van der Waals surface area contributed by atoms with E-state index in [1.165, 1.54) is 24.3 Å². The Labute approximate surface area is 142 Å². The molecule has 7 heteroatoms. The molecular weight excluding hydrogens is 332 g/mol. The quantitative estimate of drug-likeness (QED) is 0.833. The molecule has 24 heavy (non-hydrogen) atoms. The number of aromatic carboxylic acids is 1. The zero-order chi connectivity index (χ0) is 17.3. The molecule has 0 aromatic heterocycles. The maximum Gasteiger partial charge on any atom is 0.335 e. The number of halogens is 1. The normalized spacial score (nSPS) is 17.2. The molecule has 2 N–H and O–H groups in total. The van der Waals surface area contributed by atoms with E-state index in [-0.39, 0.29) is 23.8 Å². The van der Waals surface area contributed by atoms with Crippen molar-refractivity contribution in [3.8, 4) is 0 Å². The monoisotopic (exact) mass is 344 g/mol. The first-order valence-corrected chi connectivity index (χ1v) is 7.56. The summed E-state index contributed by atoms with van der Waals surface area (Å²) in [5, 5.41) is 12.5. The number of carbonyl (C=O) groups excluding carboxylic acids is 2. The van der Waals surface area contributed by atoms with Gasteiger partial charge < -0.3 is 10.4 Å². The molecule has 1 saturated heterocycles. The van der Waals surface area contributed by atoms with Gasteiger partial charge in [-0.15, -0.1) is 0 Å². The van der Waals surface area contributed by atoms with Gasteiger partial charge in [0.25, 0.3) is 5.91 Å². The summed E-state index contributed by atoms with van der Waals surface area (Å²) in [7, 11) is 0. The molecule has 0 radical (unpaired) electrons. The van der Waals surface area contributed by atoms with Crippen LogP contribution in [0.1, 0.15) is 16.8 Å². The van der Waals surface area contributed by atoms with Crippen molar-refractivity contribution in [1.82, 2.24) is 0 Å². The van der Waals surface area contributed by atoms with Crippen molar-refractivity contribution in [2.75, 3.05) is 10.2 Å². The lowest BCUT2D eigenvalue weighted by atomic mass is 10.2. The number of hydrogen-bond acceptors (Lipinski definition) is 4. The standard InChI is InChI=1S/C17H13ClN2O4/c18-11-3-5-12(6-4-11)19-14-9-15(21)20(16(14)22)13-7-1-10(2-8-13)17(23)24/h1-8,14,19H,9H2,(H,23,24)/t14-/m0/s1. The van der Waals surface area contributed by atoms with Crippen molar-refractivity contribution in [1.29, 1.82) is 0 Å². The fourth-order valence-electron chi connectivity index (χ4n) is 2.52. The fourth-order valence-corrected chi connectivity index (χ4v) is 2.64. The average Bonchev–Trinajstić information content (AvgIpc) is 2.83. The molecule has 3 rings (SSSR count). The summed E-state index contributed by atoms with van der Waals surface area (Å²) in [5.74, 6) is -1.78. The second-order valence-electron chi connectivity index (χ2n) is 5.33. The third-order valence-electron chi connectivity index (χ3n) is 3.70. The van der Waals surface area contributed by atoms with E-state index in [4.69, 9.17) is 16.7 Å². The molecule has 0 bridgehead atoms. The Morgan fingerprint density at radius 3 is 2.29 bits per heavy atom. The van der Waals surface area contributed by atoms with Crippen LogP contribution in [0.2, 0.25) is 5.02 Å². The van der Waals surface area contributed by atoms with E-state index in [0.717, 1.165) is 4.90 Å². The van der Waals surface area contributed by atoms with Gasteiger partial charge in [-0.05, 0) is 48.5 Å². The Balaban J connectivity index is 1.78. The van der Waals surface area contributed by atoms with Gasteiger partial charge in [0.15, 0.2) is 0 Å². The summed E-state index contributed by atoms with van der Waals surface area (Å²) in [4.78, 5) is 36.6. The number of carboxylic acids is 1. The molecule has 1 aliphatic heterocycles. The minimum absolute atomic E-state index is 0.0299. The van der Waals surface area contributed by atoms with Crippen molar-refractivity contribution in [2.45, 2.75) is 12.5 Å². The predicted octanol–water partition coefficient (Wildman–Crippen LogP) is 2.78. The Bertz CT molecular complexity index is 802. The van der Waals surface area contributed by atoms with Crippen molar-refractivity contribution in [3.05, 3.63) is 59.1 Å². The minimum Gasteiger partial charge on any atom is -0.478 e.